The lowest BCUT2D eigenvalue weighted by molar-refractivity contribution is 0.102. The van der Waals surface area contributed by atoms with Crippen molar-refractivity contribution in [3.8, 4) is 11.5 Å². The molecule has 0 N–H and O–H groups in total. The van der Waals surface area contributed by atoms with Gasteiger partial charge in [-0.3, -0.25) is 4.79 Å². The minimum atomic E-state index is -3.59. The molecule has 0 amide bonds. The summed E-state index contributed by atoms with van der Waals surface area (Å²) in [4.78, 5) is 12.9. The van der Waals surface area contributed by atoms with E-state index in [4.69, 9.17) is 4.42 Å². The maximum Gasteiger partial charge on any atom is 0.277 e. The Labute approximate surface area is 193 Å². The average molecular weight is 474 g/mol. The number of rotatable bonds is 9. The van der Waals surface area contributed by atoms with Crippen LogP contribution >= 0.6 is 11.8 Å². The summed E-state index contributed by atoms with van der Waals surface area (Å²) in [5, 5.41) is 8.30. The highest BCUT2D eigenvalue weighted by atomic mass is 32.2. The molecule has 2 aromatic carbocycles. The van der Waals surface area contributed by atoms with Crippen molar-refractivity contribution in [2.45, 2.75) is 44.7 Å². The number of benzene rings is 2. The van der Waals surface area contributed by atoms with Crippen molar-refractivity contribution < 1.29 is 17.6 Å². The van der Waals surface area contributed by atoms with Gasteiger partial charge in [0.2, 0.25) is 15.9 Å². The Bertz CT molecular complexity index is 1210. The van der Waals surface area contributed by atoms with Crippen molar-refractivity contribution in [1.29, 1.82) is 0 Å². The number of carbonyl (C=O) groups is 1. The Morgan fingerprint density at radius 3 is 2.31 bits per heavy atom. The minimum absolute atomic E-state index is 0.00272. The molecule has 0 aliphatic rings. The van der Waals surface area contributed by atoms with Crippen molar-refractivity contribution in [3.05, 3.63) is 58.7 Å². The molecule has 0 fully saturated rings. The standard InChI is InChI=1S/C23H27N3O4S2/c1-6-26(7-2)32(28,29)19-10-8-9-18(13-19)22-24-25-23(30-22)31-14-20(27)21-16(4)11-15(3)12-17(21)5/h8-13H,6-7,14H2,1-5H3. The fourth-order valence-corrected chi connectivity index (χ4v) is 5.85. The van der Waals surface area contributed by atoms with Gasteiger partial charge in [0.25, 0.3) is 5.22 Å². The summed E-state index contributed by atoms with van der Waals surface area (Å²) in [6.07, 6.45) is 0. The van der Waals surface area contributed by atoms with Gasteiger partial charge in [-0.2, -0.15) is 4.31 Å². The molecule has 3 rings (SSSR count). The molecular weight excluding hydrogens is 446 g/mol. The lowest BCUT2D eigenvalue weighted by Gasteiger charge is -2.18. The summed E-state index contributed by atoms with van der Waals surface area (Å²) in [6.45, 7) is 10.2. The van der Waals surface area contributed by atoms with Crippen molar-refractivity contribution in [2.24, 2.45) is 0 Å². The topological polar surface area (TPSA) is 93.4 Å². The SMILES string of the molecule is CCN(CC)S(=O)(=O)c1cccc(-c2nnc(SCC(=O)c3c(C)cc(C)cc3C)o2)c1. The molecule has 0 unspecified atom stereocenters. The second-order valence-corrected chi connectivity index (χ2v) is 10.3. The Morgan fingerprint density at radius 2 is 1.69 bits per heavy atom. The first-order valence-electron chi connectivity index (χ1n) is 10.3. The quantitative estimate of drug-likeness (QED) is 0.329. The smallest absolute Gasteiger partial charge is 0.277 e. The molecule has 1 heterocycles. The second kappa shape index (κ2) is 9.97. The molecule has 0 spiro atoms. The van der Waals surface area contributed by atoms with E-state index in [0.29, 0.717) is 18.7 Å². The van der Waals surface area contributed by atoms with E-state index in [2.05, 4.69) is 10.2 Å². The van der Waals surface area contributed by atoms with Crippen LogP contribution in [0, 0.1) is 20.8 Å². The average Bonchev–Trinajstić information content (AvgIpc) is 3.21. The van der Waals surface area contributed by atoms with Gasteiger partial charge >= 0.3 is 0 Å². The zero-order valence-corrected chi connectivity index (χ0v) is 20.5. The van der Waals surface area contributed by atoms with Crippen LogP contribution in [0.3, 0.4) is 0 Å². The minimum Gasteiger partial charge on any atom is -0.411 e. The van der Waals surface area contributed by atoms with Crippen LogP contribution in [0.2, 0.25) is 0 Å². The zero-order chi connectivity index (χ0) is 23.5. The highest BCUT2D eigenvalue weighted by molar-refractivity contribution is 7.99. The molecule has 7 nitrogen and oxygen atoms in total. The van der Waals surface area contributed by atoms with E-state index in [0.717, 1.165) is 22.3 Å². The lowest BCUT2D eigenvalue weighted by Crippen LogP contribution is -2.30. The molecule has 3 aromatic rings. The van der Waals surface area contributed by atoms with Gasteiger partial charge in [-0.1, -0.05) is 49.4 Å². The molecule has 1 aromatic heterocycles. The molecule has 170 valence electrons. The summed E-state index contributed by atoms with van der Waals surface area (Å²) in [5.41, 5.74) is 4.25. The van der Waals surface area contributed by atoms with Gasteiger partial charge < -0.3 is 4.42 Å². The van der Waals surface area contributed by atoms with E-state index < -0.39 is 10.0 Å². The maximum absolute atomic E-state index is 12.8. The molecule has 0 radical (unpaired) electrons. The van der Waals surface area contributed by atoms with Crippen LogP contribution in [0.25, 0.3) is 11.5 Å². The fraction of sp³-hybridized carbons (Fsp3) is 0.348. The predicted molar refractivity (Wildman–Crippen MR) is 126 cm³/mol. The van der Waals surface area contributed by atoms with Gasteiger partial charge in [0, 0.05) is 24.2 Å². The van der Waals surface area contributed by atoms with Gasteiger partial charge in [-0.15, -0.1) is 10.2 Å². The molecule has 0 atom stereocenters. The third-order valence-corrected chi connectivity index (χ3v) is 7.98. The van der Waals surface area contributed by atoms with Crippen molar-refractivity contribution in [3.63, 3.8) is 0 Å². The van der Waals surface area contributed by atoms with E-state index in [1.54, 1.807) is 32.0 Å². The number of nitrogens with zero attached hydrogens (tertiary/aromatic N) is 3. The summed E-state index contributed by atoms with van der Waals surface area (Å²) >= 11 is 1.17. The molecular formula is C23H27N3O4S2. The number of carbonyl (C=O) groups excluding carboxylic acids is 1. The first-order valence-corrected chi connectivity index (χ1v) is 12.8. The summed E-state index contributed by atoms with van der Waals surface area (Å²) in [5.74, 6) is 0.374. The van der Waals surface area contributed by atoms with Crippen molar-refractivity contribution in [2.75, 3.05) is 18.8 Å². The fourth-order valence-electron chi connectivity index (χ4n) is 3.71. The number of aromatic nitrogens is 2. The summed E-state index contributed by atoms with van der Waals surface area (Å²) in [7, 11) is -3.59. The number of hydrogen-bond acceptors (Lipinski definition) is 7. The lowest BCUT2D eigenvalue weighted by atomic mass is 9.97. The number of aryl methyl sites for hydroxylation is 3. The molecule has 0 aliphatic carbocycles. The van der Waals surface area contributed by atoms with Gasteiger partial charge in [0.1, 0.15) is 0 Å². The van der Waals surface area contributed by atoms with Crippen molar-refractivity contribution in [1.82, 2.24) is 14.5 Å². The van der Waals surface area contributed by atoms with Crippen molar-refractivity contribution >= 4 is 27.6 Å². The molecule has 0 saturated heterocycles. The maximum atomic E-state index is 12.8. The highest BCUT2D eigenvalue weighted by Crippen LogP contribution is 2.27. The van der Waals surface area contributed by atoms with Gasteiger partial charge in [-0.05, 0) is 50.1 Å². The van der Waals surface area contributed by atoms with E-state index in [9.17, 15) is 13.2 Å². The Kier molecular flexibility index (Phi) is 7.53. The zero-order valence-electron chi connectivity index (χ0n) is 18.9. The van der Waals surface area contributed by atoms with Crippen LogP contribution < -0.4 is 0 Å². The normalized spacial score (nSPS) is 11.8. The van der Waals surface area contributed by atoms with E-state index >= 15 is 0 Å². The first-order chi connectivity index (χ1) is 15.2. The third-order valence-electron chi connectivity index (χ3n) is 5.11. The highest BCUT2D eigenvalue weighted by Gasteiger charge is 2.23. The van der Waals surface area contributed by atoms with Gasteiger partial charge in [-0.25, -0.2) is 8.42 Å². The molecule has 0 saturated carbocycles. The summed E-state index contributed by atoms with van der Waals surface area (Å²) in [6, 6.07) is 10.4. The number of sulfonamides is 1. The second-order valence-electron chi connectivity index (χ2n) is 7.48. The van der Waals surface area contributed by atoms with Gasteiger partial charge in [0.15, 0.2) is 5.78 Å². The monoisotopic (exact) mass is 473 g/mol. The first kappa shape index (κ1) is 24.2. The van der Waals surface area contributed by atoms with Crippen LogP contribution in [0.15, 0.2) is 50.9 Å². The molecule has 9 heteroatoms. The van der Waals surface area contributed by atoms with E-state index in [-0.39, 0.29) is 27.5 Å². The molecule has 0 aliphatic heterocycles. The van der Waals surface area contributed by atoms with Crippen LogP contribution in [-0.4, -0.2) is 47.5 Å². The van der Waals surface area contributed by atoms with Crippen LogP contribution in [0.4, 0.5) is 0 Å². The number of hydrogen-bond donors (Lipinski definition) is 0. The largest absolute Gasteiger partial charge is 0.411 e. The Balaban J connectivity index is 1.76. The number of thioether (sulfide) groups is 1. The third kappa shape index (κ3) is 5.11. The van der Waals surface area contributed by atoms with Crippen LogP contribution in [0.1, 0.15) is 40.9 Å². The van der Waals surface area contributed by atoms with Crippen LogP contribution in [-0.2, 0) is 10.0 Å². The Hall–Kier alpha value is -2.49. The number of Topliss-reactive ketones (excluding diaryl/α,β-unsaturated/α-hetero) is 1. The number of ketones is 1. The molecule has 0 bridgehead atoms. The van der Waals surface area contributed by atoms with Gasteiger partial charge in [0.05, 0.1) is 10.6 Å². The van der Waals surface area contributed by atoms with E-state index in [1.165, 1.54) is 22.1 Å². The van der Waals surface area contributed by atoms with Crippen LogP contribution in [0.5, 0.6) is 0 Å². The molecule has 32 heavy (non-hydrogen) atoms. The summed E-state index contributed by atoms with van der Waals surface area (Å²) < 4.78 is 32.7. The predicted octanol–water partition coefficient (Wildman–Crippen LogP) is 4.67. The Morgan fingerprint density at radius 1 is 1.03 bits per heavy atom. The van der Waals surface area contributed by atoms with E-state index in [1.807, 2.05) is 32.9 Å².